The molecule has 2 aromatic rings. The Balaban J connectivity index is 1.52. The third kappa shape index (κ3) is 4.53. The van der Waals surface area contributed by atoms with Crippen LogP contribution in [0.5, 0.6) is 5.75 Å². The summed E-state index contributed by atoms with van der Waals surface area (Å²) in [5.41, 5.74) is 0.707. The van der Waals surface area contributed by atoms with Crippen molar-refractivity contribution in [2.45, 2.75) is 19.0 Å². The quantitative estimate of drug-likeness (QED) is 0.916. The molecule has 3 rings (SSSR count). The van der Waals surface area contributed by atoms with Crippen molar-refractivity contribution in [1.29, 1.82) is 0 Å². The van der Waals surface area contributed by atoms with Gasteiger partial charge in [-0.15, -0.1) is 0 Å². The van der Waals surface area contributed by atoms with E-state index in [2.05, 4.69) is 5.32 Å². The molecule has 0 aliphatic carbocycles. The Kier molecular flexibility index (Phi) is 4.97. The number of amides is 1. The van der Waals surface area contributed by atoms with E-state index >= 15 is 0 Å². The van der Waals surface area contributed by atoms with Crippen molar-refractivity contribution in [2.24, 2.45) is 5.92 Å². The van der Waals surface area contributed by atoms with Crippen molar-refractivity contribution >= 4 is 5.91 Å². The maximum Gasteiger partial charge on any atom is 0.416 e. The standard InChI is InChI=1S/C19H18F3NO2/c20-19(21,22)16-6-3-4-13(9-16)10-18(24)23-11-14-8-15-5-1-2-7-17(15)25-12-14/h1-7,9,14H,8,10-12H2,(H,23,24). The van der Waals surface area contributed by atoms with Crippen molar-refractivity contribution in [1.82, 2.24) is 5.32 Å². The number of hydrogen-bond acceptors (Lipinski definition) is 2. The molecule has 1 heterocycles. The average Bonchev–Trinajstić information content (AvgIpc) is 2.59. The van der Waals surface area contributed by atoms with Crippen LogP contribution in [0.25, 0.3) is 0 Å². The molecular weight excluding hydrogens is 331 g/mol. The van der Waals surface area contributed by atoms with E-state index in [1.54, 1.807) is 0 Å². The topological polar surface area (TPSA) is 38.3 Å². The number of alkyl halides is 3. The molecule has 0 radical (unpaired) electrons. The number of carbonyl (C=O) groups excluding carboxylic acids is 1. The van der Waals surface area contributed by atoms with Crippen LogP contribution in [0.2, 0.25) is 0 Å². The summed E-state index contributed by atoms with van der Waals surface area (Å²) in [4.78, 5) is 12.0. The van der Waals surface area contributed by atoms with Gasteiger partial charge in [0.25, 0.3) is 0 Å². The summed E-state index contributed by atoms with van der Waals surface area (Å²) >= 11 is 0. The predicted octanol–water partition coefficient (Wildman–Crippen LogP) is 3.62. The second kappa shape index (κ2) is 7.17. The van der Waals surface area contributed by atoms with Gasteiger partial charge in [-0.05, 0) is 29.7 Å². The highest BCUT2D eigenvalue weighted by atomic mass is 19.4. The van der Waals surface area contributed by atoms with Gasteiger partial charge in [-0.1, -0.05) is 36.4 Å². The number of halogens is 3. The Hall–Kier alpha value is -2.50. The molecule has 1 atom stereocenters. The molecule has 1 aliphatic heterocycles. The lowest BCUT2D eigenvalue weighted by atomic mass is 9.96. The highest BCUT2D eigenvalue weighted by Gasteiger charge is 2.30. The molecule has 3 nitrogen and oxygen atoms in total. The summed E-state index contributed by atoms with van der Waals surface area (Å²) in [6.45, 7) is 0.951. The highest BCUT2D eigenvalue weighted by Crippen LogP contribution is 2.29. The zero-order valence-electron chi connectivity index (χ0n) is 13.5. The molecule has 1 amide bonds. The Morgan fingerprint density at radius 1 is 1.16 bits per heavy atom. The minimum atomic E-state index is -4.40. The molecule has 25 heavy (non-hydrogen) atoms. The van der Waals surface area contributed by atoms with Gasteiger partial charge in [-0.3, -0.25) is 4.79 Å². The Morgan fingerprint density at radius 2 is 1.96 bits per heavy atom. The fourth-order valence-corrected chi connectivity index (χ4v) is 2.89. The minimum Gasteiger partial charge on any atom is -0.493 e. The molecule has 2 aromatic carbocycles. The van der Waals surface area contributed by atoms with Gasteiger partial charge in [-0.2, -0.15) is 13.2 Å². The first-order valence-electron chi connectivity index (χ1n) is 8.05. The number of carbonyl (C=O) groups is 1. The van der Waals surface area contributed by atoms with Crippen molar-refractivity contribution < 1.29 is 22.7 Å². The monoisotopic (exact) mass is 349 g/mol. The molecule has 0 bridgehead atoms. The lowest BCUT2D eigenvalue weighted by Gasteiger charge is -2.25. The van der Waals surface area contributed by atoms with Crippen LogP contribution < -0.4 is 10.1 Å². The number of rotatable bonds is 4. The molecule has 0 spiro atoms. The normalized spacial score (nSPS) is 16.7. The summed E-state index contributed by atoms with van der Waals surface area (Å²) in [5, 5.41) is 2.79. The number of para-hydroxylation sites is 1. The molecule has 1 unspecified atom stereocenters. The largest absolute Gasteiger partial charge is 0.493 e. The van der Waals surface area contributed by atoms with Gasteiger partial charge in [0, 0.05) is 12.5 Å². The third-order valence-corrected chi connectivity index (χ3v) is 4.16. The van der Waals surface area contributed by atoms with E-state index in [-0.39, 0.29) is 18.2 Å². The molecule has 0 fully saturated rings. The summed E-state index contributed by atoms with van der Waals surface area (Å²) in [6, 6.07) is 12.6. The molecular formula is C19H18F3NO2. The average molecular weight is 349 g/mol. The second-order valence-electron chi connectivity index (χ2n) is 6.17. The predicted molar refractivity (Wildman–Crippen MR) is 87.3 cm³/mol. The van der Waals surface area contributed by atoms with Crippen LogP contribution in [0.1, 0.15) is 16.7 Å². The van der Waals surface area contributed by atoms with Gasteiger partial charge in [0.2, 0.25) is 5.91 Å². The maximum absolute atomic E-state index is 12.7. The number of ether oxygens (including phenoxy) is 1. The zero-order valence-corrected chi connectivity index (χ0v) is 13.5. The molecule has 132 valence electrons. The van der Waals surface area contributed by atoms with Crippen LogP contribution in [-0.4, -0.2) is 19.1 Å². The van der Waals surface area contributed by atoms with E-state index in [0.717, 1.165) is 29.9 Å². The SMILES string of the molecule is O=C(Cc1cccc(C(F)(F)F)c1)NCC1COc2ccccc2C1. The first-order valence-corrected chi connectivity index (χ1v) is 8.05. The van der Waals surface area contributed by atoms with Gasteiger partial charge in [-0.25, -0.2) is 0 Å². The summed E-state index contributed by atoms with van der Waals surface area (Å²) in [5.74, 6) is 0.729. The lowest BCUT2D eigenvalue weighted by molar-refractivity contribution is -0.137. The van der Waals surface area contributed by atoms with Gasteiger partial charge < -0.3 is 10.1 Å². The maximum atomic E-state index is 12.7. The van der Waals surface area contributed by atoms with Crippen LogP contribution in [-0.2, 0) is 23.8 Å². The fraction of sp³-hybridized carbons (Fsp3) is 0.316. The number of benzene rings is 2. The number of nitrogens with one attached hydrogen (secondary N) is 1. The summed E-state index contributed by atoms with van der Waals surface area (Å²) in [7, 11) is 0. The van der Waals surface area contributed by atoms with Gasteiger partial charge in [0.1, 0.15) is 5.75 Å². The van der Waals surface area contributed by atoms with E-state index < -0.39 is 11.7 Å². The second-order valence-corrected chi connectivity index (χ2v) is 6.17. The first kappa shape index (κ1) is 17.3. The molecule has 0 saturated carbocycles. The van der Waals surface area contributed by atoms with E-state index in [1.807, 2.05) is 24.3 Å². The van der Waals surface area contributed by atoms with Crippen LogP contribution in [0.4, 0.5) is 13.2 Å². The molecule has 1 N–H and O–H groups in total. The van der Waals surface area contributed by atoms with Gasteiger partial charge in [0.15, 0.2) is 0 Å². The minimum absolute atomic E-state index is 0.0753. The highest BCUT2D eigenvalue weighted by molar-refractivity contribution is 5.78. The Labute approximate surface area is 143 Å². The van der Waals surface area contributed by atoms with Crippen molar-refractivity contribution in [3.63, 3.8) is 0 Å². The van der Waals surface area contributed by atoms with Crippen LogP contribution in [0.3, 0.4) is 0 Å². The summed E-state index contributed by atoms with van der Waals surface area (Å²) in [6.07, 6.45) is -3.67. The van der Waals surface area contributed by atoms with Crippen LogP contribution in [0.15, 0.2) is 48.5 Å². The van der Waals surface area contributed by atoms with Crippen LogP contribution >= 0.6 is 0 Å². The van der Waals surface area contributed by atoms with Crippen molar-refractivity contribution in [2.75, 3.05) is 13.2 Å². The van der Waals surface area contributed by atoms with E-state index in [9.17, 15) is 18.0 Å². The Bertz CT molecular complexity index is 758. The van der Waals surface area contributed by atoms with E-state index in [4.69, 9.17) is 4.74 Å². The summed E-state index contributed by atoms with van der Waals surface area (Å²) < 4.78 is 43.8. The molecule has 0 aromatic heterocycles. The zero-order chi connectivity index (χ0) is 17.9. The smallest absolute Gasteiger partial charge is 0.416 e. The van der Waals surface area contributed by atoms with Crippen molar-refractivity contribution in [3.05, 3.63) is 65.2 Å². The molecule has 0 saturated heterocycles. The lowest BCUT2D eigenvalue weighted by Crippen LogP contribution is -2.35. The fourth-order valence-electron chi connectivity index (χ4n) is 2.89. The van der Waals surface area contributed by atoms with Crippen molar-refractivity contribution in [3.8, 4) is 5.75 Å². The van der Waals surface area contributed by atoms with E-state index in [1.165, 1.54) is 12.1 Å². The number of hydrogen-bond donors (Lipinski definition) is 1. The van der Waals surface area contributed by atoms with Gasteiger partial charge in [0.05, 0.1) is 18.6 Å². The third-order valence-electron chi connectivity index (χ3n) is 4.16. The molecule has 1 aliphatic rings. The van der Waals surface area contributed by atoms with Gasteiger partial charge >= 0.3 is 6.18 Å². The van der Waals surface area contributed by atoms with Crippen LogP contribution in [0, 0.1) is 5.92 Å². The Morgan fingerprint density at radius 3 is 2.76 bits per heavy atom. The first-order chi connectivity index (χ1) is 11.9. The molecule has 6 heteroatoms. The number of fused-ring (bicyclic) bond motifs is 1. The van der Waals surface area contributed by atoms with E-state index in [0.29, 0.717) is 18.7 Å².